The first-order valence-electron chi connectivity index (χ1n) is 2.85. The molecule has 0 aromatic carbocycles. The van der Waals surface area contributed by atoms with Gasteiger partial charge in [-0.3, -0.25) is 4.79 Å². The van der Waals surface area contributed by atoms with Crippen LogP contribution in [-0.4, -0.2) is 23.1 Å². The molecule has 0 aromatic heterocycles. The number of rotatable bonds is 3. The van der Waals surface area contributed by atoms with E-state index in [1.54, 1.807) is 6.07 Å². The van der Waals surface area contributed by atoms with Crippen LogP contribution in [-0.2, 0) is 14.3 Å². The van der Waals surface area contributed by atoms with Gasteiger partial charge in [-0.05, 0) is 0 Å². The molecule has 0 unspecified atom stereocenters. The normalized spacial score (nSPS) is 11.3. The Labute approximate surface area is 63.2 Å². The molecule has 1 atom stereocenters. The zero-order chi connectivity index (χ0) is 8.85. The van der Waals surface area contributed by atoms with Crippen LogP contribution in [0.4, 0.5) is 0 Å². The number of hydrogen-bond donors (Lipinski definition) is 1. The van der Waals surface area contributed by atoms with E-state index in [9.17, 15) is 9.59 Å². The average molecular weight is 157 g/mol. The summed E-state index contributed by atoms with van der Waals surface area (Å²) in [5, 5.41) is 16.4. The smallest absolute Gasteiger partial charge is 0.346 e. The van der Waals surface area contributed by atoms with Crippen LogP contribution in [0.25, 0.3) is 0 Å². The van der Waals surface area contributed by atoms with Gasteiger partial charge in [-0.2, -0.15) is 5.26 Å². The lowest BCUT2D eigenvalue weighted by atomic mass is 10.3. The first kappa shape index (κ1) is 9.43. The summed E-state index contributed by atoms with van der Waals surface area (Å²) < 4.78 is 4.29. The number of carbonyl (C=O) groups is 2. The Balaban J connectivity index is 4.02. The fourth-order valence-electron chi connectivity index (χ4n) is 0.463. The van der Waals surface area contributed by atoms with Gasteiger partial charge < -0.3 is 9.84 Å². The maximum Gasteiger partial charge on any atom is 0.346 e. The number of carboxylic acids is 1. The van der Waals surface area contributed by atoms with Gasteiger partial charge >= 0.3 is 11.9 Å². The Bertz CT molecular complexity index is 205. The van der Waals surface area contributed by atoms with Gasteiger partial charge in [0.05, 0.1) is 12.5 Å². The standard InChI is InChI=1S/C6H7NO4/c1-4(8)11-5(2-3-7)6(9)10/h5H,2H2,1H3,(H,9,10)/t5-/m0/s1. The molecule has 0 rings (SSSR count). The summed E-state index contributed by atoms with van der Waals surface area (Å²) in [6.45, 7) is 1.09. The minimum atomic E-state index is -1.34. The summed E-state index contributed by atoms with van der Waals surface area (Å²) in [4.78, 5) is 20.4. The molecule has 0 fully saturated rings. The van der Waals surface area contributed by atoms with Gasteiger partial charge in [0, 0.05) is 6.92 Å². The molecule has 5 nitrogen and oxygen atoms in total. The average Bonchev–Trinajstić information content (AvgIpc) is 1.86. The molecule has 0 aliphatic carbocycles. The van der Waals surface area contributed by atoms with Crippen LogP contribution >= 0.6 is 0 Å². The van der Waals surface area contributed by atoms with E-state index in [-0.39, 0.29) is 6.42 Å². The maximum atomic E-state index is 10.2. The highest BCUT2D eigenvalue weighted by atomic mass is 16.6. The third kappa shape index (κ3) is 3.92. The number of aliphatic carboxylic acids is 1. The second-order valence-corrected chi connectivity index (χ2v) is 1.80. The molecule has 0 amide bonds. The lowest BCUT2D eigenvalue weighted by Crippen LogP contribution is -2.25. The van der Waals surface area contributed by atoms with E-state index in [0.29, 0.717) is 0 Å². The molecule has 0 spiro atoms. The molecule has 0 aliphatic heterocycles. The summed E-state index contributed by atoms with van der Waals surface area (Å²) in [5.74, 6) is -2.01. The molecule has 60 valence electrons. The monoisotopic (exact) mass is 157 g/mol. The zero-order valence-corrected chi connectivity index (χ0v) is 5.90. The SMILES string of the molecule is CC(=O)O[C@@H](CC#N)C(=O)O. The molecule has 0 saturated carbocycles. The fourth-order valence-corrected chi connectivity index (χ4v) is 0.463. The molecular formula is C6H7NO4. The van der Waals surface area contributed by atoms with Crippen molar-refractivity contribution in [2.24, 2.45) is 0 Å². The number of hydrogen-bond acceptors (Lipinski definition) is 4. The number of ether oxygens (including phenoxy) is 1. The van der Waals surface area contributed by atoms with Crippen LogP contribution in [0.15, 0.2) is 0 Å². The van der Waals surface area contributed by atoms with Crippen molar-refractivity contribution in [1.29, 1.82) is 5.26 Å². The van der Waals surface area contributed by atoms with Gasteiger partial charge in [-0.25, -0.2) is 4.79 Å². The van der Waals surface area contributed by atoms with Crippen LogP contribution in [0.3, 0.4) is 0 Å². The number of carbonyl (C=O) groups excluding carboxylic acids is 1. The van der Waals surface area contributed by atoms with E-state index in [1.165, 1.54) is 0 Å². The molecule has 5 heteroatoms. The van der Waals surface area contributed by atoms with Crippen LogP contribution in [0.1, 0.15) is 13.3 Å². The van der Waals surface area contributed by atoms with E-state index < -0.39 is 18.0 Å². The van der Waals surface area contributed by atoms with E-state index in [2.05, 4.69) is 4.74 Å². The van der Waals surface area contributed by atoms with Crippen molar-refractivity contribution in [1.82, 2.24) is 0 Å². The van der Waals surface area contributed by atoms with Crippen LogP contribution < -0.4 is 0 Å². The molecule has 11 heavy (non-hydrogen) atoms. The Hall–Kier alpha value is -1.57. The van der Waals surface area contributed by atoms with Crippen molar-refractivity contribution in [3.8, 4) is 6.07 Å². The number of nitrogens with zero attached hydrogens (tertiary/aromatic N) is 1. The number of carboxylic acid groups (broad SMARTS) is 1. The molecule has 0 saturated heterocycles. The predicted octanol–water partition coefficient (Wildman–Crippen LogP) is -0.0836. The molecule has 0 radical (unpaired) electrons. The highest BCUT2D eigenvalue weighted by Crippen LogP contribution is 1.97. The first-order valence-corrected chi connectivity index (χ1v) is 2.85. The van der Waals surface area contributed by atoms with Gasteiger partial charge in [0.25, 0.3) is 0 Å². The summed E-state index contributed by atoms with van der Waals surface area (Å²) >= 11 is 0. The third-order valence-corrected chi connectivity index (χ3v) is 0.860. The van der Waals surface area contributed by atoms with Gasteiger partial charge in [-0.15, -0.1) is 0 Å². The Morgan fingerprint density at radius 1 is 1.73 bits per heavy atom. The molecule has 0 aliphatic rings. The molecule has 0 heterocycles. The Kier molecular flexibility index (Phi) is 3.67. The number of nitriles is 1. The van der Waals surface area contributed by atoms with Gasteiger partial charge in [0.2, 0.25) is 6.10 Å². The predicted molar refractivity (Wildman–Crippen MR) is 33.4 cm³/mol. The van der Waals surface area contributed by atoms with Crippen molar-refractivity contribution in [3.63, 3.8) is 0 Å². The fraction of sp³-hybridized carbons (Fsp3) is 0.500. The van der Waals surface area contributed by atoms with E-state index >= 15 is 0 Å². The minimum Gasteiger partial charge on any atom is -0.478 e. The topological polar surface area (TPSA) is 87.4 Å². The molecule has 0 bridgehead atoms. The summed E-state index contributed by atoms with van der Waals surface area (Å²) in [7, 11) is 0. The van der Waals surface area contributed by atoms with Crippen LogP contribution in [0.2, 0.25) is 0 Å². The van der Waals surface area contributed by atoms with Gasteiger partial charge in [0.1, 0.15) is 0 Å². The van der Waals surface area contributed by atoms with Crippen molar-refractivity contribution in [2.45, 2.75) is 19.4 Å². The van der Waals surface area contributed by atoms with Gasteiger partial charge in [0.15, 0.2) is 0 Å². The van der Waals surface area contributed by atoms with Crippen molar-refractivity contribution >= 4 is 11.9 Å². The minimum absolute atomic E-state index is 0.324. The summed E-state index contributed by atoms with van der Waals surface area (Å²) in [6, 6.07) is 1.60. The highest BCUT2D eigenvalue weighted by molar-refractivity contribution is 5.77. The summed E-state index contributed by atoms with van der Waals surface area (Å²) in [6.07, 6.45) is -1.66. The highest BCUT2D eigenvalue weighted by Gasteiger charge is 2.19. The zero-order valence-electron chi connectivity index (χ0n) is 5.90. The van der Waals surface area contributed by atoms with Crippen molar-refractivity contribution in [2.75, 3.05) is 0 Å². The second kappa shape index (κ2) is 4.28. The van der Waals surface area contributed by atoms with E-state index in [4.69, 9.17) is 10.4 Å². The van der Waals surface area contributed by atoms with Crippen molar-refractivity contribution in [3.05, 3.63) is 0 Å². The molecule has 0 aromatic rings. The van der Waals surface area contributed by atoms with E-state index in [0.717, 1.165) is 6.92 Å². The van der Waals surface area contributed by atoms with E-state index in [1.807, 2.05) is 0 Å². The largest absolute Gasteiger partial charge is 0.478 e. The van der Waals surface area contributed by atoms with Crippen LogP contribution in [0, 0.1) is 11.3 Å². The lowest BCUT2D eigenvalue weighted by Gasteiger charge is -2.06. The number of esters is 1. The maximum absolute atomic E-state index is 10.2. The Morgan fingerprint density at radius 3 is 2.55 bits per heavy atom. The van der Waals surface area contributed by atoms with Gasteiger partial charge in [-0.1, -0.05) is 0 Å². The lowest BCUT2D eigenvalue weighted by molar-refractivity contribution is -0.162. The molecular weight excluding hydrogens is 150 g/mol. The third-order valence-electron chi connectivity index (χ3n) is 0.860. The second-order valence-electron chi connectivity index (χ2n) is 1.80. The first-order chi connectivity index (χ1) is 5.07. The van der Waals surface area contributed by atoms with Crippen LogP contribution in [0.5, 0.6) is 0 Å². The summed E-state index contributed by atoms with van der Waals surface area (Å²) in [5.41, 5.74) is 0. The van der Waals surface area contributed by atoms with Crippen molar-refractivity contribution < 1.29 is 19.4 Å². The quantitative estimate of drug-likeness (QED) is 0.578. The Morgan fingerprint density at radius 2 is 2.27 bits per heavy atom. The molecule has 1 N–H and O–H groups in total.